The summed E-state index contributed by atoms with van der Waals surface area (Å²) in [6, 6.07) is 7.12. The molecule has 90 valence electrons. The van der Waals surface area contributed by atoms with Crippen LogP contribution in [0.4, 0.5) is 0 Å². The van der Waals surface area contributed by atoms with Gasteiger partial charge < -0.3 is 4.74 Å². The number of nitrogens with zero attached hydrogens (tertiary/aromatic N) is 2. The fourth-order valence-corrected chi connectivity index (χ4v) is 1.62. The van der Waals surface area contributed by atoms with Crippen LogP contribution in [0.2, 0.25) is 5.02 Å². The highest BCUT2D eigenvalue weighted by molar-refractivity contribution is 6.31. The van der Waals surface area contributed by atoms with Gasteiger partial charge in [-0.15, -0.1) is 0 Å². The Hall–Kier alpha value is -1.57. The molecule has 1 aromatic carbocycles. The number of rotatable bonds is 4. The molecule has 1 rings (SSSR count). The maximum absolute atomic E-state index is 11.1. The van der Waals surface area contributed by atoms with E-state index in [1.165, 1.54) is 7.11 Å². The van der Waals surface area contributed by atoms with Crippen molar-refractivity contribution in [2.45, 2.75) is 6.54 Å². The maximum Gasteiger partial charge on any atom is 0.319 e. The Morgan fingerprint density at radius 2 is 2.29 bits per heavy atom. The Morgan fingerprint density at radius 1 is 1.59 bits per heavy atom. The number of nitriles is 1. The lowest BCUT2D eigenvalue weighted by molar-refractivity contribution is -0.141. The number of hydrogen-bond acceptors (Lipinski definition) is 4. The molecule has 0 unspecified atom stereocenters. The zero-order valence-corrected chi connectivity index (χ0v) is 10.5. The Bertz CT molecular complexity index is 454. The number of ether oxygens (including phenoxy) is 1. The molecule has 1 aromatic rings. The van der Waals surface area contributed by atoms with E-state index in [1.54, 1.807) is 30.1 Å². The molecule has 0 saturated heterocycles. The zero-order valence-electron chi connectivity index (χ0n) is 9.74. The van der Waals surface area contributed by atoms with E-state index >= 15 is 0 Å². The molecule has 0 N–H and O–H groups in total. The second-order valence-corrected chi connectivity index (χ2v) is 4.07. The molecule has 0 saturated carbocycles. The van der Waals surface area contributed by atoms with Crippen molar-refractivity contribution in [2.75, 3.05) is 20.7 Å². The second kappa shape index (κ2) is 6.24. The molecular formula is C12H13ClN2O2. The van der Waals surface area contributed by atoms with E-state index < -0.39 is 0 Å². The summed E-state index contributed by atoms with van der Waals surface area (Å²) < 4.78 is 4.57. The molecule has 0 aliphatic carbocycles. The van der Waals surface area contributed by atoms with Crippen LogP contribution >= 0.6 is 11.6 Å². The highest BCUT2D eigenvalue weighted by Gasteiger charge is 2.09. The summed E-state index contributed by atoms with van der Waals surface area (Å²) in [5, 5.41) is 9.23. The van der Waals surface area contributed by atoms with Crippen molar-refractivity contribution in [3.63, 3.8) is 0 Å². The minimum Gasteiger partial charge on any atom is -0.468 e. The minimum absolute atomic E-state index is 0.201. The molecule has 0 heterocycles. The SMILES string of the molecule is COC(=O)CN(C)Cc1ccc(C#N)cc1Cl. The van der Waals surface area contributed by atoms with Gasteiger partial charge in [-0.3, -0.25) is 9.69 Å². The quantitative estimate of drug-likeness (QED) is 0.767. The van der Waals surface area contributed by atoms with E-state index in [4.69, 9.17) is 16.9 Å². The van der Waals surface area contributed by atoms with E-state index in [0.29, 0.717) is 17.1 Å². The summed E-state index contributed by atoms with van der Waals surface area (Å²) >= 11 is 6.03. The van der Waals surface area contributed by atoms with Gasteiger partial charge in [0, 0.05) is 11.6 Å². The van der Waals surface area contributed by atoms with Crippen LogP contribution in [0.3, 0.4) is 0 Å². The summed E-state index contributed by atoms with van der Waals surface area (Å²) in [5.41, 5.74) is 1.39. The van der Waals surface area contributed by atoms with Crippen LogP contribution in [-0.4, -0.2) is 31.6 Å². The lowest BCUT2D eigenvalue weighted by atomic mass is 10.1. The Labute approximate surface area is 105 Å². The van der Waals surface area contributed by atoms with E-state index in [-0.39, 0.29) is 12.5 Å². The monoisotopic (exact) mass is 252 g/mol. The van der Waals surface area contributed by atoms with E-state index in [0.717, 1.165) is 5.56 Å². The fourth-order valence-electron chi connectivity index (χ4n) is 1.38. The summed E-state index contributed by atoms with van der Waals surface area (Å²) in [6.07, 6.45) is 0. The van der Waals surface area contributed by atoms with Gasteiger partial charge in [0.25, 0.3) is 0 Å². The van der Waals surface area contributed by atoms with Crippen LogP contribution in [0.1, 0.15) is 11.1 Å². The van der Waals surface area contributed by atoms with Gasteiger partial charge in [-0.05, 0) is 24.7 Å². The first-order valence-electron chi connectivity index (χ1n) is 5.00. The number of hydrogen-bond donors (Lipinski definition) is 0. The number of likely N-dealkylation sites (N-methyl/N-ethyl adjacent to an activating group) is 1. The normalized spacial score (nSPS) is 10.1. The number of benzene rings is 1. The average Bonchev–Trinajstić information content (AvgIpc) is 2.31. The van der Waals surface area contributed by atoms with Crippen molar-refractivity contribution in [2.24, 2.45) is 0 Å². The summed E-state index contributed by atoms with van der Waals surface area (Å²) in [7, 11) is 3.15. The predicted octanol–water partition coefficient (Wildman–Crippen LogP) is 1.82. The van der Waals surface area contributed by atoms with Gasteiger partial charge in [0.15, 0.2) is 0 Å². The number of methoxy groups -OCH3 is 1. The number of halogens is 1. The van der Waals surface area contributed by atoms with Crippen LogP contribution in [0, 0.1) is 11.3 Å². The van der Waals surface area contributed by atoms with Crippen molar-refractivity contribution in [1.82, 2.24) is 4.90 Å². The smallest absolute Gasteiger partial charge is 0.319 e. The molecule has 0 amide bonds. The molecular weight excluding hydrogens is 240 g/mol. The van der Waals surface area contributed by atoms with Gasteiger partial charge in [0.05, 0.1) is 25.3 Å². The van der Waals surface area contributed by atoms with Crippen molar-refractivity contribution in [3.05, 3.63) is 34.3 Å². The average molecular weight is 253 g/mol. The lowest BCUT2D eigenvalue weighted by Crippen LogP contribution is -2.26. The molecule has 0 spiro atoms. The number of carbonyl (C=O) groups is 1. The lowest BCUT2D eigenvalue weighted by Gasteiger charge is -2.15. The third kappa shape index (κ3) is 4.06. The van der Waals surface area contributed by atoms with Gasteiger partial charge in [-0.1, -0.05) is 17.7 Å². The third-order valence-electron chi connectivity index (χ3n) is 2.25. The molecule has 4 nitrogen and oxygen atoms in total. The Morgan fingerprint density at radius 3 is 2.82 bits per heavy atom. The minimum atomic E-state index is -0.294. The van der Waals surface area contributed by atoms with Gasteiger partial charge >= 0.3 is 5.97 Å². The molecule has 0 atom stereocenters. The molecule has 0 radical (unpaired) electrons. The van der Waals surface area contributed by atoms with Crippen molar-refractivity contribution in [1.29, 1.82) is 5.26 Å². The Balaban J connectivity index is 2.69. The summed E-state index contributed by atoms with van der Waals surface area (Å²) in [5.74, 6) is -0.294. The second-order valence-electron chi connectivity index (χ2n) is 3.67. The molecule has 17 heavy (non-hydrogen) atoms. The van der Waals surface area contributed by atoms with E-state index in [9.17, 15) is 4.79 Å². The van der Waals surface area contributed by atoms with Crippen LogP contribution in [0.15, 0.2) is 18.2 Å². The van der Waals surface area contributed by atoms with E-state index in [1.807, 2.05) is 6.07 Å². The molecule has 0 aliphatic heterocycles. The Kier molecular flexibility index (Phi) is 4.95. The molecule has 5 heteroatoms. The largest absolute Gasteiger partial charge is 0.468 e. The first-order valence-corrected chi connectivity index (χ1v) is 5.38. The number of carbonyl (C=O) groups excluding carboxylic acids is 1. The van der Waals surface area contributed by atoms with Crippen LogP contribution in [0.25, 0.3) is 0 Å². The zero-order chi connectivity index (χ0) is 12.8. The van der Waals surface area contributed by atoms with Gasteiger partial charge in [-0.25, -0.2) is 0 Å². The van der Waals surface area contributed by atoms with Crippen molar-refractivity contribution in [3.8, 4) is 6.07 Å². The van der Waals surface area contributed by atoms with Crippen LogP contribution in [-0.2, 0) is 16.1 Å². The summed E-state index contributed by atoms with van der Waals surface area (Å²) in [4.78, 5) is 12.8. The fraction of sp³-hybridized carbons (Fsp3) is 0.333. The van der Waals surface area contributed by atoms with E-state index in [2.05, 4.69) is 4.74 Å². The highest BCUT2D eigenvalue weighted by Crippen LogP contribution is 2.18. The topological polar surface area (TPSA) is 53.3 Å². The molecule has 0 fully saturated rings. The van der Waals surface area contributed by atoms with Gasteiger partial charge in [0.2, 0.25) is 0 Å². The summed E-state index contributed by atoms with van der Waals surface area (Å²) in [6.45, 7) is 0.729. The standard InChI is InChI=1S/C12H13ClN2O2/c1-15(8-12(16)17-2)7-10-4-3-9(6-14)5-11(10)13/h3-5H,7-8H2,1-2H3. The highest BCUT2D eigenvalue weighted by atomic mass is 35.5. The first-order chi connectivity index (χ1) is 8.06. The van der Waals surface area contributed by atoms with Crippen molar-refractivity contribution < 1.29 is 9.53 Å². The van der Waals surface area contributed by atoms with Crippen LogP contribution < -0.4 is 0 Å². The number of esters is 1. The molecule has 0 aliphatic rings. The van der Waals surface area contributed by atoms with Crippen LogP contribution in [0.5, 0.6) is 0 Å². The first kappa shape index (κ1) is 13.5. The maximum atomic E-state index is 11.1. The molecule has 0 bridgehead atoms. The van der Waals surface area contributed by atoms with Gasteiger partial charge in [-0.2, -0.15) is 5.26 Å². The predicted molar refractivity (Wildman–Crippen MR) is 64.5 cm³/mol. The van der Waals surface area contributed by atoms with Gasteiger partial charge in [0.1, 0.15) is 0 Å². The molecule has 0 aromatic heterocycles. The van der Waals surface area contributed by atoms with Crippen molar-refractivity contribution >= 4 is 17.6 Å². The third-order valence-corrected chi connectivity index (χ3v) is 2.60.